The van der Waals surface area contributed by atoms with Gasteiger partial charge in [-0.1, -0.05) is 47.5 Å². The number of anilines is 1. The van der Waals surface area contributed by atoms with Crippen molar-refractivity contribution in [3.8, 4) is 23.0 Å². The number of benzene rings is 3. The van der Waals surface area contributed by atoms with Crippen LogP contribution in [0.5, 0.6) is 23.0 Å². The molecular formula is C44H37Cl2F3N8O9. The summed E-state index contributed by atoms with van der Waals surface area (Å²) in [6.45, 7) is -0.480. The molecule has 22 heteroatoms. The number of fused-ring (bicyclic) bond motifs is 5. The topological polar surface area (TPSA) is 194 Å². The molecule has 2 amide bonds. The number of amides is 2. The van der Waals surface area contributed by atoms with Crippen LogP contribution in [-0.2, 0) is 47.7 Å². The van der Waals surface area contributed by atoms with E-state index < -0.39 is 74.6 Å². The van der Waals surface area contributed by atoms with E-state index in [4.69, 9.17) is 37.4 Å². The number of allylic oxidation sites excluding steroid dienone is 2. The summed E-state index contributed by atoms with van der Waals surface area (Å²) in [5.41, 5.74) is -0.988. The Morgan fingerprint density at radius 1 is 0.924 bits per heavy atom. The van der Waals surface area contributed by atoms with Crippen molar-refractivity contribution in [3.63, 3.8) is 0 Å². The standard InChI is InChI=1S/C44H37Cl2F3N8O9/c1-53-30-19-34(66-4)33(65-3)18-28(30)51-27(39(53)60)13-14-54-41(62)55-15-12-24-29(57(55)42(54)63)17-25-38(59)56(52-37-26(46)16-22(20-50-37)44(47,48)49)40(61)43(25,21-8-10-23(45)11-9-21)36(24)35-31(58)6-5-7-32(35)64-2/h5-12,16,18-20,25,29,36,58H,13-15,17H2,1-4H3,(H,50,52). The van der Waals surface area contributed by atoms with Gasteiger partial charge >= 0.3 is 17.6 Å². The summed E-state index contributed by atoms with van der Waals surface area (Å²) < 4.78 is 62.1. The Bertz CT molecular complexity index is 3240. The number of phenolic OH excluding ortho intramolecular Hbond substituents is 1. The maximum absolute atomic E-state index is 15.5. The Morgan fingerprint density at radius 3 is 2.29 bits per heavy atom. The minimum atomic E-state index is -4.80. The van der Waals surface area contributed by atoms with Crippen LogP contribution in [0.4, 0.5) is 19.0 Å². The summed E-state index contributed by atoms with van der Waals surface area (Å²) in [4.78, 5) is 81.4. The summed E-state index contributed by atoms with van der Waals surface area (Å²) in [5, 5.41) is 12.1. The quantitative estimate of drug-likeness (QED) is 0.132. The first kappa shape index (κ1) is 44.2. The zero-order chi connectivity index (χ0) is 47.1. The highest BCUT2D eigenvalue weighted by Crippen LogP contribution is 2.64. The molecule has 0 bridgehead atoms. The van der Waals surface area contributed by atoms with Gasteiger partial charge < -0.3 is 23.9 Å². The van der Waals surface area contributed by atoms with Crippen LogP contribution in [-0.4, -0.2) is 71.7 Å². The smallest absolute Gasteiger partial charge is 0.417 e. The Morgan fingerprint density at radius 2 is 1.62 bits per heavy atom. The number of aromatic nitrogens is 6. The van der Waals surface area contributed by atoms with E-state index >= 15 is 9.59 Å². The van der Waals surface area contributed by atoms with E-state index in [2.05, 4.69) is 15.4 Å². The number of aromatic hydroxyl groups is 1. The lowest BCUT2D eigenvalue weighted by molar-refractivity contribution is -0.139. The molecule has 1 saturated heterocycles. The minimum Gasteiger partial charge on any atom is -0.508 e. The van der Waals surface area contributed by atoms with Crippen LogP contribution in [0.2, 0.25) is 10.0 Å². The zero-order valence-electron chi connectivity index (χ0n) is 35.2. The Balaban J connectivity index is 1.19. The molecule has 2 N–H and O–H groups in total. The molecule has 3 aromatic heterocycles. The van der Waals surface area contributed by atoms with Crippen LogP contribution in [0.15, 0.2) is 92.9 Å². The van der Waals surface area contributed by atoms with E-state index in [9.17, 15) is 32.7 Å². The molecule has 4 atom stereocenters. The van der Waals surface area contributed by atoms with Crippen molar-refractivity contribution in [2.75, 3.05) is 26.8 Å². The molecule has 5 heterocycles. The zero-order valence-corrected chi connectivity index (χ0v) is 36.7. The number of hydrogen-bond acceptors (Lipinski definition) is 12. The van der Waals surface area contributed by atoms with Crippen LogP contribution in [0.25, 0.3) is 11.0 Å². The van der Waals surface area contributed by atoms with Crippen molar-refractivity contribution in [3.05, 3.63) is 142 Å². The highest BCUT2D eigenvalue weighted by Gasteiger charge is 2.69. The van der Waals surface area contributed by atoms with E-state index in [0.717, 1.165) is 4.57 Å². The number of alkyl halides is 3. The summed E-state index contributed by atoms with van der Waals surface area (Å²) in [5.74, 6) is -4.41. The van der Waals surface area contributed by atoms with Gasteiger partial charge in [0, 0.05) is 54.8 Å². The van der Waals surface area contributed by atoms with Crippen molar-refractivity contribution in [1.29, 1.82) is 0 Å². The number of hydrazine groups is 1. The minimum absolute atomic E-state index is 0.0546. The number of halogens is 5. The second kappa shape index (κ2) is 16.1. The second-order valence-electron chi connectivity index (χ2n) is 15.9. The van der Waals surface area contributed by atoms with E-state index in [-0.39, 0.29) is 59.3 Å². The number of nitrogens with zero attached hydrogens (tertiary/aromatic N) is 7. The fraction of sp³-hybridized carbons (Fsp3) is 0.295. The molecule has 6 aromatic rings. The first-order valence-corrected chi connectivity index (χ1v) is 20.9. The normalized spacial score (nSPS) is 20.2. The molecule has 17 nitrogen and oxygen atoms in total. The lowest BCUT2D eigenvalue weighted by Crippen LogP contribution is -2.53. The molecular weight excluding hydrogens is 912 g/mol. The van der Waals surface area contributed by atoms with E-state index in [1.807, 2.05) is 0 Å². The molecule has 2 aliphatic heterocycles. The molecule has 9 rings (SSSR count). The van der Waals surface area contributed by atoms with Crippen LogP contribution in [0.3, 0.4) is 0 Å². The number of phenols is 1. The molecule has 342 valence electrons. The summed E-state index contributed by atoms with van der Waals surface area (Å²) in [6.07, 6.45) is -3.07. The monoisotopic (exact) mass is 948 g/mol. The van der Waals surface area contributed by atoms with Crippen LogP contribution in [0.1, 0.15) is 40.8 Å². The Hall–Kier alpha value is -7.06. The third-order valence-corrected chi connectivity index (χ3v) is 13.2. The molecule has 4 unspecified atom stereocenters. The number of rotatable bonds is 10. The fourth-order valence-electron chi connectivity index (χ4n) is 9.69. The lowest BCUT2D eigenvalue weighted by atomic mass is 9.53. The average molecular weight is 950 g/mol. The van der Waals surface area contributed by atoms with Gasteiger partial charge in [0.2, 0.25) is 0 Å². The number of aryl methyl sites for hydroxylation is 2. The van der Waals surface area contributed by atoms with Crippen LogP contribution < -0.4 is 36.6 Å². The highest BCUT2D eigenvalue weighted by atomic mass is 35.5. The van der Waals surface area contributed by atoms with Crippen molar-refractivity contribution >= 4 is 51.9 Å². The Labute approximate surface area is 380 Å². The SMILES string of the molecule is COc1cc2nc(CCn3c(=O)n4n(c3=O)C3CC5C(=O)N(Nc6ncc(C(F)(F)F)cc6Cl)C(=O)C5(c5ccc(Cl)cc5)C(c5c(O)cccc5OC)C3=CC4)c(=O)n(C)c2cc1OC. The summed E-state index contributed by atoms with van der Waals surface area (Å²) in [7, 11) is 5.81. The maximum atomic E-state index is 15.5. The number of carbonyl (C=O) groups is 2. The van der Waals surface area contributed by atoms with Crippen molar-refractivity contribution in [2.24, 2.45) is 13.0 Å². The molecule has 1 aliphatic carbocycles. The van der Waals surface area contributed by atoms with Gasteiger partial charge in [0.1, 0.15) is 17.2 Å². The molecule has 0 spiro atoms. The van der Waals surface area contributed by atoms with Gasteiger partial charge in [0.15, 0.2) is 17.3 Å². The van der Waals surface area contributed by atoms with Gasteiger partial charge in [-0.05, 0) is 47.9 Å². The largest absolute Gasteiger partial charge is 0.508 e. The van der Waals surface area contributed by atoms with Crippen molar-refractivity contribution < 1.29 is 42.1 Å². The van der Waals surface area contributed by atoms with Crippen molar-refractivity contribution in [1.82, 2.24) is 33.5 Å². The summed E-state index contributed by atoms with van der Waals surface area (Å²) in [6, 6.07) is 13.2. The third-order valence-electron chi connectivity index (χ3n) is 12.7. The third kappa shape index (κ3) is 6.63. The molecule has 0 radical (unpaired) electrons. The van der Waals surface area contributed by atoms with E-state index in [1.165, 1.54) is 59.5 Å². The molecule has 66 heavy (non-hydrogen) atoms. The second-order valence-corrected chi connectivity index (χ2v) is 16.7. The fourth-order valence-corrected chi connectivity index (χ4v) is 10.0. The Kier molecular flexibility index (Phi) is 10.8. The predicted octanol–water partition coefficient (Wildman–Crippen LogP) is 5.37. The number of ether oxygens (including phenoxy) is 3. The van der Waals surface area contributed by atoms with Gasteiger partial charge in [-0.15, -0.1) is 0 Å². The summed E-state index contributed by atoms with van der Waals surface area (Å²) >= 11 is 12.6. The lowest BCUT2D eigenvalue weighted by Gasteiger charge is -2.49. The van der Waals surface area contributed by atoms with E-state index in [0.29, 0.717) is 45.4 Å². The van der Waals surface area contributed by atoms with Gasteiger partial charge in [-0.2, -0.15) is 18.2 Å². The average Bonchev–Trinajstić information content (AvgIpc) is 3.66. The first-order valence-electron chi connectivity index (χ1n) is 20.2. The van der Waals surface area contributed by atoms with Crippen LogP contribution in [0, 0.1) is 5.92 Å². The first-order chi connectivity index (χ1) is 31.5. The van der Waals surface area contributed by atoms with Crippen LogP contribution >= 0.6 is 23.2 Å². The van der Waals surface area contributed by atoms with Gasteiger partial charge in [0.05, 0.1) is 66.9 Å². The maximum Gasteiger partial charge on any atom is 0.417 e. The van der Waals surface area contributed by atoms with Gasteiger partial charge in [-0.25, -0.2) is 33.5 Å². The number of imide groups is 1. The van der Waals surface area contributed by atoms with Crippen molar-refractivity contribution in [2.45, 2.75) is 49.5 Å². The predicted molar refractivity (Wildman–Crippen MR) is 232 cm³/mol. The molecule has 2 fully saturated rings. The number of pyridine rings is 1. The number of nitrogens with one attached hydrogen (secondary N) is 1. The highest BCUT2D eigenvalue weighted by molar-refractivity contribution is 6.33. The van der Waals surface area contributed by atoms with E-state index in [1.54, 1.807) is 43.5 Å². The number of methoxy groups -OCH3 is 3. The molecule has 1 saturated carbocycles. The molecule has 3 aliphatic rings. The molecule has 3 aromatic carbocycles. The van der Waals surface area contributed by atoms with Gasteiger partial charge in [0.25, 0.3) is 17.4 Å². The number of carbonyl (C=O) groups excluding carboxylic acids is 2. The van der Waals surface area contributed by atoms with Gasteiger partial charge in [-0.3, -0.25) is 19.8 Å². The number of hydrogen-bond donors (Lipinski definition) is 2.